The molecule has 1 aliphatic rings. The summed E-state index contributed by atoms with van der Waals surface area (Å²) < 4.78 is 5.66. The van der Waals surface area contributed by atoms with Gasteiger partial charge in [0.15, 0.2) is 0 Å². The molecular weight excluding hydrogens is 368 g/mol. The van der Waals surface area contributed by atoms with Crippen LogP contribution in [-0.4, -0.2) is 25.5 Å². The Bertz CT molecular complexity index is 506. The smallest absolute Gasteiger partial charge is 0.311 e. The van der Waals surface area contributed by atoms with Gasteiger partial charge in [0.1, 0.15) is 0 Å². The Hall–Kier alpha value is -0.820. The second-order valence-electron chi connectivity index (χ2n) is 4.02. The van der Waals surface area contributed by atoms with Gasteiger partial charge in [-0.25, -0.2) is 0 Å². The minimum Gasteiger partial charge on any atom is -0.469 e. The third kappa shape index (κ3) is 2.61. The van der Waals surface area contributed by atoms with E-state index in [-0.39, 0.29) is 18.3 Å². The number of carbonyl (C=O) groups excluding carboxylic acids is 2. The van der Waals surface area contributed by atoms with E-state index in [1.165, 1.54) is 7.11 Å². The maximum Gasteiger partial charge on any atom is 0.311 e. The number of carbonyl (C=O) groups is 2. The Morgan fingerprint density at radius 1 is 1.56 bits per heavy atom. The fourth-order valence-electron chi connectivity index (χ4n) is 1.97. The van der Waals surface area contributed by atoms with Crippen molar-refractivity contribution in [3.05, 3.63) is 26.8 Å². The average molecular weight is 380 g/mol. The van der Waals surface area contributed by atoms with E-state index in [2.05, 4.69) is 27.3 Å². The zero-order valence-electron chi connectivity index (χ0n) is 9.65. The SMILES string of the molecule is COC(=O)C1CC(=O)N(c2ccc(I)cc2Cl)C1. The first-order valence-corrected chi connectivity index (χ1v) is 6.82. The van der Waals surface area contributed by atoms with Crippen molar-refractivity contribution in [2.24, 2.45) is 5.92 Å². The fourth-order valence-corrected chi connectivity index (χ4v) is 2.92. The number of halogens is 2. The Morgan fingerprint density at radius 3 is 2.89 bits per heavy atom. The lowest BCUT2D eigenvalue weighted by molar-refractivity contribution is -0.145. The monoisotopic (exact) mass is 379 g/mol. The highest BCUT2D eigenvalue weighted by Crippen LogP contribution is 2.32. The summed E-state index contributed by atoms with van der Waals surface area (Å²) in [7, 11) is 1.33. The van der Waals surface area contributed by atoms with Crippen molar-refractivity contribution in [3.8, 4) is 0 Å². The number of benzene rings is 1. The van der Waals surface area contributed by atoms with Gasteiger partial charge in [0.05, 0.1) is 23.7 Å². The van der Waals surface area contributed by atoms with Gasteiger partial charge in [-0.1, -0.05) is 11.6 Å². The van der Waals surface area contributed by atoms with E-state index in [4.69, 9.17) is 11.6 Å². The van der Waals surface area contributed by atoms with Crippen molar-refractivity contribution in [2.45, 2.75) is 6.42 Å². The van der Waals surface area contributed by atoms with Crippen LogP contribution >= 0.6 is 34.2 Å². The quantitative estimate of drug-likeness (QED) is 0.586. The first-order chi connectivity index (χ1) is 8.52. The van der Waals surface area contributed by atoms with E-state index in [0.29, 0.717) is 17.3 Å². The number of hydrogen-bond acceptors (Lipinski definition) is 3. The lowest BCUT2D eigenvalue weighted by Crippen LogP contribution is -2.26. The molecule has 2 rings (SSSR count). The second-order valence-corrected chi connectivity index (χ2v) is 5.68. The van der Waals surface area contributed by atoms with Gasteiger partial charge in [0.2, 0.25) is 5.91 Å². The van der Waals surface area contributed by atoms with E-state index in [9.17, 15) is 9.59 Å². The van der Waals surface area contributed by atoms with Crippen LogP contribution in [0.3, 0.4) is 0 Å². The average Bonchev–Trinajstić information content (AvgIpc) is 2.70. The third-order valence-corrected chi connectivity index (χ3v) is 3.83. The summed E-state index contributed by atoms with van der Waals surface area (Å²) in [6.07, 6.45) is 0.176. The number of anilines is 1. The minimum absolute atomic E-state index is 0.103. The van der Waals surface area contributed by atoms with E-state index < -0.39 is 5.92 Å². The molecule has 0 spiro atoms. The fraction of sp³-hybridized carbons (Fsp3) is 0.333. The summed E-state index contributed by atoms with van der Waals surface area (Å²) in [5.41, 5.74) is 0.647. The van der Waals surface area contributed by atoms with Crippen LogP contribution in [0.25, 0.3) is 0 Å². The molecule has 4 nitrogen and oxygen atoms in total. The van der Waals surface area contributed by atoms with E-state index >= 15 is 0 Å². The Labute approximate surface area is 123 Å². The molecule has 6 heteroatoms. The van der Waals surface area contributed by atoms with E-state index in [0.717, 1.165) is 3.57 Å². The molecule has 96 valence electrons. The van der Waals surface area contributed by atoms with Gasteiger partial charge in [0, 0.05) is 16.5 Å². The predicted molar refractivity (Wildman–Crippen MR) is 76.6 cm³/mol. The first-order valence-electron chi connectivity index (χ1n) is 5.36. The molecule has 0 radical (unpaired) electrons. The van der Waals surface area contributed by atoms with Crippen molar-refractivity contribution >= 4 is 51.8 Å². The van der Waals surface area contributed by atoms with Gasteiger partial charge < -0.3 is 9.64 Å². The lowest BCUT2D eigenvalue weighted by atomic mass is 10.1. The highest BCUT2D eigenvalue weighted by atomic mass is 127. The molecule has 0 aliphatic carbocycles. The van der Waals surface area contributed by atoms with Crippen LogP contribution in [0.1, 0.15) is 6.42 Å². The molecule has 0 bridgehead atoms. The van der Waals surface area contributed by atoms with Crippen LogP contribution in [0.2, 0.25) is 5.02 Å². The summed E-state index contributed by atoms with van der Waals surface area (Å²) in [6, 6.07) is 5.46. The number of esters is 1. The van der Waals surface area contributed by atoms with E-state index in [1.54, 1.807) is 17.0 Å². The molecule has 1 atom stereocenters. The van der Waals surface area contributed by atoms with Crippen LogP contribution in [0.15, 0.2) is 18.2 Å². The Morgan fingerprint density at radius 2 is 2.28 bits per heavy atom. The van der Waals surface area contributed by atoms with Crippen molar-refractivity contribution < 1.29 is 14.3 Å². The molecule has 1 aromatic carbocycles. The van der Waals surface area contributed by atoms with Crippen LogP contribution in [0, 0.1) is 9.49 Å². The van der Waals surface area contributed by atoms with Crippen LogP contribution in [-0.2, 0) is 14.3 Å². The highest BCUT2D eigenvalue weighted by Gasteiger charge is 2.36. The van der Waals surface area contributed by atoms with Crippen LogP contribution in [0.5, 0.6) is 0 Å². The topological polar surface area (TPSA) is 46.6 Å². The first kappa shape index (κ1) is 13.6. The summed E-state index contributed by atoms with van der Waals surface area (Å²) in [5.74, 6) is -0.862. The number of rotatable bonds is 2. The van der Waals surface area contributed by atoms with Crippen LogP contribution < -0.4 is 4.90 Å². The summed E-state index contributed by atoms with van der Waals surface area (Å²) >= 11 is 8.27. The van der Waals surface area contributed by atoms with Gasteiger partial charge in [-0.15, -0.1) is 0 Å². The molecular formula is C12H11ClINO3. The number of amides is 1. The zero-order chi connectivity index (χ0) is 13.3. The number of nitrogens with zero attached hydrogens (tertiary/aromatic N) is 1. The maximum absolute atomic E-state index is 11.9. The molecule has 1 amide bonds. The van der Waals surface area contributed by atoms with Crippen LogP contribution in [0.4, 0.5) is 5.69 Å². The number of hydrogen-bond donors (Lipinski definition) is 0. The van der Waals surface area contributed by atoms with E-state index in [1.807, 2.05) is 6.07 Å². The van der Waals surface area contributed by atoms with Crippen molar-refractivity contribution in [1.82, 2.24) is 0 Å². The largest absolute Gasteiger partial charge is 0.469 e. The van der Waals surface area contributed by atoms with Gasteiger partial charge in [0.25, 0.3) is 0 Å². The molecule has 1 fully saturated rings. The standard InChI is InChI=1S/C12H11ClINO3/c1-18-12(17)7-4-11(16)15(6-7)10-3-2-8(14)5-9(10)13/h2-3,5,7H,4,6H2,1H3. The molecule has 0 N–H and O–H groups in total. The zero-order valence-corrected chi connectivity index (χ0v) is 12.6. The summed E-state index contributed by atoms with van der Waals surface area (Å²) in [6.45, 7) is 0.325. The van der Waals surface area contributed by atoms with Crippen molar-refractivity contribution in [3.63, 3.8) is 0 Å². The maximum atomic E-state index is 11.9. The highest BCUT2D eigenvalue weighted by molar-refractivity contribution is 14.1. The van der Waals surface area contributed by atoms with Gasteiger partial charge in [-0.05, 0) is 40.8 Å². The van der Waals surface area contributed by atoms with Gasteiger partial charge >= 0.3 is 5.97 Å². The molecule has 0 aromatic heterocycles. The molecule has 1 aliphatic heterocycles. The second kappa shape index (κ2) is 5.44. The number of methoxy groups -OCH3 is 1. The molecule has 1 aromatic rings. The third-order valence-electron chi connectivity index (χ3n) is 2.86. The summed E-state index contributed by atoms with van der Waals surface area (Å²) in [5, 5.41) is 0.515. The minimum atomic E-state index is -0.405. The Kier molecular flexibility index (Phi) is 4.11. The van der Waals surface area contributed by atoms with Crippen molar-refractivity contribution in [1.29, 1.82) is 0 Å². The normalized spacial score (nSPS) is 19.2. The van der Waals surface area contributed by atoms with Gasteiger partial charge in [-0.3, -0.25) is 9.59 Å². The molecule has 1 heterocycles. The lowest BCUT2D eigenvalue weighted by Gasteiger charge is -2.18. The molecule has 0 saturated carbocycles. The molecule has 1 saturated heterocycles. The van der Waals surface area contributed by atoms with Gasteiger partial charge in [-0.2, -0.15) is 0 Å². The molecule has 18 heavy (non-hydrogen) atoms. The van der Waals surface area contributed by atoms with Crippen molar-refractivity contribution in [2.75, 3.05) is 18.6 Å². The number of ether oxygens (including phenoxy) is 1. The predicted octanol–water partition coefficient (Wildman–Crippen LogP) is 2.47. The summed E-state index contributed by atoms with van der Waals surface area (Å²) in [4.78, 5) is 24.9. The molecule has 1 unspecified atom stereocenters. The Balaban J connectivity index is 2.24.